The van der Waals surface area contributed by atoms with Crippen molar-refractivity contribution in [1.82, 2.24) is 4.57 Å². The Bertz CT molecular complexity index is 3170. The normalized spacial score (nSPS) is 19.3. The lowest BCUT2D eigenvalue weighted by Crippen LogP contribution is -2.63. The maximum atomic E-state index is 4.52. The minimum absolute atomic E-state index is 0.0168. The molecule has 0 radical (unpaired) electrons. The predicted molar refractivity (Wildman–Crippen MR) is 308 cm³/mol. The van der Waals surface area contributed by atoms with Crippen LogP contribution in [-0.2, 0) is 17.3 Å². The van der Waals surface area contributed by atoms with Crippen molar-refractivity contribution in [3.63, 3.8) is 0 Å². The first kappa shape index (κ1) is 48.1. The quantitative estimate of drug-likeness (QED) is 0.154. The van der Waals surface area contributed by atoms with Crippen LogP contribution in [0.3, 0.4) is 0 Å². The van der Waals surface area contributed by atoms with E-state index in [4.69, 9.17) is 0 Å². The Morgan fingerprint density at radius 1 is 0.757 bits per heavy atom. The van der Waals surface area contributed by atoms with Gasteiger partial charge in [-0.15, -0.1) is 11.3 Å². The monoisotopic (exact) mass is 942 g/mol. The van der Waals surface area contributed by atoms with Gasteiger partial charge < -0.3 is 14.4 Å². The van der Waals surface area contributed by atoms with E-state index in [1.54, 1.807) is 0 Å². The van der Waals surface area contributed by atoms with E-state index in [9.17, 15) is 0 Å². The molecule has 4 aromatic carbocycles. The predicted octanol–water partition coefficient (Wildman–Crippen LogP) is 17.0. The molecule has 3 nitrogen and oxygen atoms in total. The van der Waals surface area contributed by atoms with Crippen molar-refractivity contribution in [2.75, 3.05) is 9.80 Å². The highest BCUT2D eigenvalue weighted by Crippen LogP contribution is 2.54. The van der Waals surface area contributed by atoms with Crippen molar-refractivity contribution >= 4 is 68.0 Å². The molecule has 70 heavy (non-hydrogen) atoms. The molecule has 5 heteroatoms. The Hall–Kier alpha value is -5.52. The number of aromatic nitrogens is 1. The highest BCUT2D eigenvalue weighted by Gasteiger charge is 2.51. The number of thiophene rings is 1. The molecule has 2 aromatic heterocycles. The molecule has 360 valence electrons. The molecule has 0 spiro atoms. The molecule has 0 bridgehead atoms. The van der Waals surface area contributed by atoms with E-state index < -0.39 is 0 Å². The summed E-state index contributed by atoms with van der Waals surface area (Å²) in [6.45, 7) is 40.0. The first-order valence-corrected chi connectivity index (χ1v) is 27.0. The smallest absolute Gasteiger partial charge is 0.268 e. The molecule has 0 fully saturated rings. The summed E-state index contributed by atoms with van der Waals surface area (Å²) in [6.07, 6.45) is 17.9. The molecule has 10 rings (SSSR count). The number of rotatable bonds is 6. The largest absolute Gasteiger partial charge is 0.335 e. The highest BCUT2D eigenvalue weighted by molar-refractivity contribution is 7.22. The first-order chi connectivity index (χ1) is 33.0. The number of hydrogen-bond donors (Lipinski definition) is 0. The Morgan fingerprint density at radius 3 is 1.99 bits per heavy atom. The van der Waals surface area contributed by atoms with Gasteiger partial charge in [-0.25, -0.2) is 0 Å². The third-order valence-corrected chi connectivity index (χ3v) is 17.4. The molecule has 4 heterocycles. The molecule has 6 aromatic rings. The van der Waals surface area contributed by atoms with Crippen LogP contribution in [0.25, 0.3) is 32.3 Å². The van der Waals surface area contributed by atoms with Crippen LogP contribution in [0.2, 0.25) is 0 Å². The van der Waals surface area contributed by atoms with Crippen molar-refractivity contribution in [3.05, 3.63) is 167 Å². The van der Waals surface area contributed by atoms with Gasteiger partial charge in [-0.2, -0.15) is 0 Å². The zero-order valence-electron chi connectivity index (χ0n) is 44.9. The topological polar surface area (TPSA) is 11.4 Å². The summed E-state index contributed by atoms with van der Waals surface area (Å²) in [6, 6.07) is 33.3. The van der Waals surface area contributed by atoms with Crippen molar-refractivity contribution < 1.29 is 0 Å². The number of fused-ring (bicyclic) bond motifs is 5. The third kappa shape index (κ3) is 7.94. The van der Waals surface area contributed by atoms with E-state index in [0.29, 0.717) is 11.8 Å². The summed E-state index contributed by atoms with van der Waals surface area (Å²) in [5, 5.41) is 1.26. The second kappa shape index (κ2) is 17.1. The van der Waals surface area contributed by atoms with E-state index in [2.05, 4.69) is 246 Å². The molecule has 3 atom stereocenters. The standard InChI is InChI=1S/C65H76BN3S/c1-17-42-37-54-58-55(38-42)69(48-32-26-44(27-33-48)63(8,9)10)59-57(60-49(18-2)50-21-19-20-22-56(50)70-60)41(4)67(46-30-24-43(25-31-46)62(5,6)7)61(59)66(58)52-39-45(64(11,12)13)28-36-53(52)68(54)47-29-23-40(3)51(35-34-47)65(14,15)16/h18-22,24-35,37-40,51,53H,2,17,23,36H2,1,3-16H3/t40-,51?,53?/m0/s1. The minimum atomic E-state index is -0.0189. The van der Waals surface area contributed by atoms with E-state index in [0.717, 1.165) is 19.3 Å². The van der Waals surface area contributed by atoms with Gasteiger partial charge in [0.25, 0.3) is 6.71 Å². The summed E-state index contributed by atoms with van der Waals surface area (Å²) in [5.41, 5.74) is 21.3. The zero-order valence-corrected chi connectivity index (χ0v) is 45.8. The van der Waals surface area contributed by atoms with Crippen LogP contribution in [-0.4, -0.2) is 17.3 Å². The minimum Gasteiger partial charge on any atom is -0.335 e. The van der Waals surface area contributed by atoms with Crippen LogP contribution < -0.4 is 20.9 Å². The summed E-state index contributed by atoms with van der Waals surface area (Å²) in [5.74, 6) is 1.01. The molecule has 0 N–H and O–H groups in total. The lowest BCUT2D eigenvalue weighted by atomic mass is 9.32. The molecule has 2 aliphatic carbocycles. The van der Waals surface area contributed by atoms with Crippen molar-refractivity contribution in [2.24, 2.45) is 22.7 Å². The van der Waals surface area contributed by atoms with Crippen molar-refractivity contribution in [1.29, 1.82) is 0 Å². The molecule has 2 unspecified atom stereocenters. The van der Waals surface area contributed by atoms with Crippen LogP contribution in [0.5, 0.6) is 0 Å². The van der Waals surface area contributed by atoms with Gasteiger partial charge in [0.05, 0.1) is 11.7 Å². The number of aryl methyl sites for hydroxylation is 1. The molecular weight excluding hydrogens is 866 g/mol. The summed E-state index contributed by atoms with van der Waals surface area (Å²) >= 11 is 1.91. The molecule has 0 saturated heterocycles. The van der Waals surface area contributed by atoms with Gasteiger partial charge in [0.15, 0.2) is 0 Å². The van der Waals surface area contributed by atoms with Gasteiger partial charge >= 0.3 is 0 Å². The van der Waals surface area contributed by atoms with E-state index in [1.165, 1.54) is 105 Å². The summed E-state index contributed by atoms with van der Waals surface area (Å²) < 4.78 is 3.96. The second-order valence-electron chi connectivity index (χ2n) is 25.1. The number of anilines is 4. The lowest BCUT2D eigenvalue weighted by Gasteiger charge is -2.50. The van der Waals surface area contributed by atoms with Gasteiger partial charge in [-0.1, -0.05) is 182 Å². The van der Waals surface area contributed by atoms with E-state index >= 15 is 0 Å². The summed E-state index contributed by atoms with van der Waals surface area (Å²) in [7, 11) is 0. The average molecular weight is 942 g/mol. The van der Waals surface area contributed by atoms with Crippen LogP contribution >= 0.6 is 11.3 Å². The van der Waals surface area contributed by atoms with Crippen molar-refractivity contribution in [3.8, 4) is 16.1 Å². The number of allylic oxidation sites excluding steroid dienone is 5. The Labute approximate surface area is 425 Å². The fourth-order valence-corrected chi connectivity index (χ4v) is 13.7. The Balaban J connectivity index is 1.38. The Morgan fingerprint density at radius 2 is 1.39 bits per heavy atom. The number of benzene rings is 4. The Kier molecular flexibility index (Phi) is 11.7. The molecule has 2 aliphatic heterocycles. The number of nitrogens with zero attached hydrogens (tertiary/aromatic N) is 3. The second-order valence-corrected chi connectivity index (χ2v) is 26.2. The third-order valence-electron chi connectivity index (χ3n) is 16.2. The van der Waals surface area contributed by atoms with Gasteiger partial charge in [0.1, 0.15) is 0 Å². The van der Waals surface area contributed by atoms with Gasteiger partial charge in [0, 0.05) is 65.8 Å². The SMILES string of the molecule is C=Cc1c(-c2c3c(n(-c4ccc(C(C)(C)C)cc4)c2C)B2C4=CC(C(C)(C)C)=CCC4N(C4=CC[C@H](C)C(C(C)(C)C)C=C4)c4cc(CC)cc(c42)N3c2ccc(C(C)(C)C)cc2)sc2ccccc12. The van der Waals surface area contributed by atoms with E-state index in [-0.39, 0.29) is 34.4 Å². The zero-order chi connectivity index (χ0) is 50.0. The fourth-order valence-electron chi connectivity index (χ4n) is 12.4. The van der Waals surface area contributed by atoms with Crippen LogP contribution in [0.15, 0.2) is 139 Å². The molecule has 4 aliphatic rings. The average Bonchev–Trinajstić information content (AvgIpc) is 3.74. The van der Waals surface area contributed by atoms with Crippen LogP contribution in [0.4, 0.5) is 22.7 Å². The number of hydrogen-bond acceptors (Lipinski definition) is 3. The van der Waals surface area contributed by atoms with Gasteiger partial charge in [0.2, 0.25) is 0 Å². The van der Waals surface area contributed by atoms with E-state index in [1.807, 2.05) is 11.3 Å². The summed E-state index contributed by atoms with van der Waals surface area (Å²) in [4.78, 5) is 6.75. The highest BCUT2D eigenvalue weighted by atomic mass is 32.1. The molecule has 0 saturated carbocycles. The molecular formula is C65H76BN3S. The fraction of sp³-hybridized carbons (Fsp3) is 0.385. The van der Waals surface area contributed by atoms with Gasteiger partial charge in [-0.3, -0.25) is 0 Å². The maximum absolute atomic E-state index is 4.52. The first-order valence-electron chi connectivity index (χ1n) is 26.2. The van der Waals surface area contributed by atoms with Crippen molar-refractivity contribution in [2.45, 2.75) is 140 Å². The molecule has 0 amide bonds. The lowest BCUT2D eigenvalue weighted by molar-refractivity contribution is 0.220. The van der Waals surface area contributed by atoms with Gasteiger partial charge in [-0.05, 0) is 136 Å². The van der Waals surface area contributed by atoms with Crippen LogP contribution in [0.1, 0.15) is 138 Å². The van der Waals surface area contributed by atoms with Crippen LogP contribution in [0, 0.1) is 29.6 Å². The maximum Gasteiger partial charge on any atom is 0.268 e.